The quantitative estimate of drug-likeness (QED) is 0.477. The van der Waals surface area contributed by atoms with E-state index in [9.17, 15) is 4.79 Å². The van der Waals surface area contributed by atoms with Crippen molar-refractivity contribution in [1.29, 1.82) is 0 Å². The fourth-order valence-corrected chi connectivity index (χ4v) is 2.77. The normalized spacial score (nSPS) is 15.7. The molecule has 1 saturated heterocycles. The fourth-order valence-electron chi connectivity index (χ4n) is 2.64. The summed E-state index contributed by atoms with van der Waals surface area (Å²) in [6.45, 7) is 1.59. The summed E-state index contributed by atoms with van der Waals surface area (Å²) in [5, 5.41) is 3.32. The maximum absolute atomic E-state index is 12.1. The number of carbonyl (C=O) groups is 1. The van der Waals surface area contributed by atoms with Gasteiger partial charge in [0.2, 0.25) is 0 Å². The van der Waals surface area contributed by atoms with Crippen LogP contribution in [-0.2, 0) is 11.3 Å². The molecule has 0 radical (unpaired) electrons. The van der Waals surface area contributed by atoms with Crippen LogP contribution in [0.3, 0.4) is 0 Å². The Morgan fingerprint density at radius 3 is 2.68 bits per heavy atom. The lowest BCUT2D eigenvalue weighted by molar-refractivity contribution is 0.0911. The predicted octanol–water partition coefficient (Wildman–Crippen LogP) is 2.16. The van der Waals surface area contributed by atoms with Gasteiger partial charge in [-0.15, -0.1) is 0 Å². The molecule has 1 aliphatic heterocycles. The number of amides is 1. The first-order valence-electron chi connectivity index (χ1n) is 8.95. The van der Waals surface area contributed by atoms with Gasteiger partial charge in [0.1, 0.15) is 23.9 Å². The molecular weight excluding hydrogens is 382 g/mol. The Kier molecular flexibility index (Phi) is 7.10. The Balaban J connectivity index is 1.39. The van der Waals surface area contributed by atoms with E-state index in [0.717, 1.165) is 25.2 Å². The average Bonchev–Trinajstić information content (AvgIpc) is 3.41. The van der Waals surface area contributed by atoms with E-state index in [2.05, 4.69) is 16.2 Å². The molecule has 150 valence electrons. The summed E-state index contributed by atoms with van der Waals surface area (Å²) in [4.78, 5) is 12.1. The van der Waals surface area contributed by atoms with Crippen LogP contribution in [0, 0.1) is 0 Å². The molecule has 0 saturated carbocycles. The molecule has 1 fully saturated rings. The summed E-state index contributed by atoms with van der Waals surface area (Å²) in [6.07, 6.45) is 2.23. The lowest BCUT2D eigenvalue weighted by atomic mass is 10.2. The number of nitrogens with one attached hydrogen (secondary N) is 3. The number of thiocarbonyl (C=S) groups is 1. The molecule has 3 N–H and O–H groups in total. The summed E-state index contributed by atoms with van der Waals surface area (Å²) < 4.78 is 21.7. The van der Waals surface area contributed by atoms with Crippen LogP contribution < -0.4 is 25.6 Å². The number of benzene rings is 1. The van der Waals surface area contributed by atoms with E-state index in [1.54, 1.807) is 43.5 Å². The van der Waals surface area contributed by atoms with Gasteiger partial charge in [0, 0.05) is 13.2 Å². The van der Waals surface area contributed by atoms with Gasteiger partial charge in [-0.25, -0.2) is 0 Å². The molecule has 28 heavy (non-hydrogen) atoms. The Hall–Kier alpha value is -2.78. The second kappa shape index (κ2) is 9.95. The topological polar surface area (TPSA) is 94.0 Å². The highest BCUT2D eigenvalue weighted by atomic mass is 32.1. The van der Waals surface area contributed by atoms with Crippen molar-refractivity contribution in [1.82, 2.24) is 16.2 Å². The van der Waals surface area contributed by atoms with Gasteiger partial charge in [0.05, 0.1) is 13.2 Å². The van der Waals surface area contributed by atoms with E-state index < -0.39 is 5.91 Å². The minimum atomic E-state index is -0.433. The zero-order valence-corrected chi connectivity index (χ0v) is 16.3. The summed E-state index contributed by atoms with van der Waals surface area (Å²) in [5.41, 5.74) is 5.14. The van der Waals surface area contributed by atoms with E-state index in [1.165, 1.54) is 0 Å². The molecule has 2 aromatic rings. The fraction of sp³-hybridized carbons (Fsp3) is 0.368. The Bertz CT molecular complexity index is 787. The van der Waals surface area contributed by atoms with E-state index in [1.807, 2.05) is 0 Å². The molecule has 1 unspecified atom stereocenters. The number of ether oxygens (including phenoxy) is 3. The standard InChI is InChI=1S/C19H23N3O5S/c1-24-13-4-6-14(7-5-13)26-12-16-8-9-17(27-16)18(23)21-22-19(28)20-11-15-3-2-10-25-15/h4-9,15H,2-3,10-12H2,1H3,(H,21,23)(H2,20,22,28). The van der Waals surface area contributed by atoms with Gasteiger partial charge in [0.25, 0.3) is 0 Å². The number of hydrogen-bond donors (Lipinski definition) is 3. The molecule has 0 spiro atoms. The van der Waals surface area contributed by atoms with Crippen molar-refractivity contribution in [3.8, 4) is 11.5 Å². The predicted molar refractivity (Wildman–Crippen MR) is 106 cm³/mol. The van der Waals surface area contributed by atoms with Crippen LogP contribution in [0.25, 0.3) is 0 Å². The summed E-state index contributed by atoms with van der Waals surface area (Å²) in [6, 6.07) is 10.5. The third-order valence-corrected chi connectivity index (χ3v) is 4.38. The summed E-state index contributed by atoms with van der Waals surface area (Å²) in [5.74, 6) is 1.67. The number of hydrogen-bond acceptors (Lipinski definition) is 6. The zero-order valence-electron chi connectivity index (χ0n) is 15.5. The van der Waals surface area contributed by atoms with Crippen molar-refractivity contribution in [2.24, 2.45) is 0 Å². The maximum Gasteiger partial charge on any atom is 0.305 e. The van der Waals surface area contributed by atoms with Crippen LogP contribution >= 0.6 is 12.2 Å². The molecule has 1 aromatic heterocycles. The van der Waals surface area contributed by atoms with Gasteiger partial charge < -0.3 is 23.9 Å². The van der Waals surface area contributed by atoms with E-state index in [-0.39, 0.29) is 18.5 Å². The third kappa shape index (κ3) is 5.86. The lowest BCUT2D eigenvalue weighted by Gasteiger charge is -2.14. The first-order valence-corrected chi connectivity index (χ1v) is 9.36. The van der Waals surface area contributed by atoms with Crippen molar-refractivity contribution < 1.29 is 23.4 Å². The summed E-state index contributed by atoms with van der Waals surface area (Å²) >= 11 is 5.12. The summed E-state index contributed by atoms with van der Waals surface area (Å²) in [7, 11) is 1.60. The van der Waals surface area contributed by atoms with Gasteiger partial charge in [-0.05, 0) is 61.5 Å². The SMILES string of the molecule is COc1ccc(OCc2ccc(C(=O)NNC(=S)NCC3CCCO3)o2)cc1. The Labute approximate surface area is 168 Å². The molecule has 1 atom stereocenters. The molecule has 0 aliphatic carbocycles. The molecule has 8 nitrogen and oxygen atoms in total. The van der Waals surface area contributed by atoms with Crippen LogP contribution in [-0.4, -0.2) is 37.4 Å². The van der Waals surface area contributed by atoms with Crippen LogP contribution in [0.2, 0.25) is 0 Å². The minimum Gasteiger partial charge on any atom is -0.497 e. The minimum absolute atomic E-state index is 0.155. The highest BCUT2D eigenvalue weighted by molar-refractivity contribution is 7.80. The third-order valence-electron chi connectivity index (χ3n) is 4.13. The smallest absolute Gasteiger partial charge is 0.305 e. The molecule has 1 amide bonds. The van der Waals surface area contributed by atoms with Crippen molar-refractivity contribution in [3.05, 3.63) is 47.9 Å². The Morgan fingerprint density at radius 2 is 1.96 bits per heavy atom. The average molecular weight is 405 g/mol. The number of furan rings is 1. The van der Waals surface area contributed by atoms with Crippen LogP contribution in [0.1, 0.15) is 29.2 Å². The number of methoxy groups -OCH3 is 1. The van der Waals surface area contributed by atoms with E-state index >= 15 is 0 Å². The van der Waals surface area contributed by atoms with Gasteiger partial charge in [-0.3, -0.25) is 15.6 Å². The molecule has 0 bridgehead atoms. The van der Waals surface area contributed by atoms with Crippen LogP contribution in [0.15, 0.2) is 40.8 Å². The van der Waals surface area contributed by atoms with Gasteiger partial charge in [0.15, 0.2) is 10.9 Å². The first-order chi connectivity index (χ1) is 13.6. The van der Waals surface area contributed by atoms with Crippen molar-refractivity contribution in [2.75, 3.05) is 20.3 Å². The maximum atomic E-state index is 12.1. The second-order valence-corrected chi connectivity index (χ2v) is 6.56. The molecule has 1 aliphatic rings. The molecule has 2 heterocycles. The molecular formula is C19H23N3O5S. The number of carbonyl (C=O) groups excluding carboxylic acids is 1. The Morgan fingerprint density at radius 1 is 1.18 bits per heavy atom. The monoisotopic (exact) mass is 405 g/mol. The van der Waals surface area contributed by atoms with Gasteiger partial charge in [-0.1, -0.05) is 0 Å². The highest BCUT2D eigenvalue weighted by Crippen LogP contribution is 2.19. The van der Waals surface area contributed by atoms with Crippen LogP contribution in [0.4, 0.5) is 0 Å². The first kappa shape index (κ1) is 20.0. The van der Waals surface area contributed by atoms with E-state index in [4.69, 9.17) is 30.8 Å². The van der Waals surface area contributed by atoms with Crippen molar-refractivity contribution in [2.45, 2.75) is 25.6 Å². The molecule has 9 heteroatoms. The zero-order chi connectivity index (χ0) is 19.8. The van der Waals surface area contributed by atoms with Gasteiger partial charge in [-0.2, -0.15) is 0 Å². The van der Waals surface area contributed by atoms with Crippen LogP contribution in [0.5, 0.6) is 11.5 Å². The molecule has 3 rings (SSSR count). The van der Waals surface area contributed by atoms with Gasteiger partial charge >= 0.3 is 5.91 Å². The van der Waals surface area contributed by atoms with Crippen molar-refractivity contribution >= 4 is 23.2 Å². The largest absolute Gasteiger partial charge is 0.497 e. The second-order valence-electron chi connectivity index (χ2n) is 6.15. The van der Waals surface area contributed by atoms with E-state index in [0.29, 0.717) is 23.2 Å². The molecule has 1 aromatic carbocycles. The highest BCUT2D eigenvalue weighted by Gasteiger charge is 2.16. The number of hydrazine groups is 1. The van der Waals surface area contributed by atoms with Crippen molar-refractivity contribution in [3.63, 3.8) is 0 Å². The lowest BCUT2D eigenvalue weighted by Crippen LogP contribution is -2.48. The number of rotatable bonds is 7.